The maximum atomic E-state index is 13.4. The molecule has 1 fully saturated rings. The Balaban J connectivity index is 1.49. The number of aromatic nitrogens is 3. The van der Waals surface area contributed by atoms with Crippen molar-refractivity contribution in [2.24, 2.45) is 0 Å². The summed E-state index contributed by atoms with van der Waals surface area (Å²) in [7, 11) is 0. The van der Waals surface area contributed by atoms with E-state index in [1.165, 1.54) is 17.7 Å². The van der Waals surface area contributed by atoms with Crippen molar-refractivity contribution in [1.29, 1.82) is 0 Å². The van der Waals surface area contributed by atoms with Gasteiger partial charge in [-0.3, -0.25) is 4.90 Å². The molecule has 0 saturated carbocycles. The Bertz CT molecular complexity index is 895. The third kappa shape index (κ3) is 5.44. The van der Waals surface area contributed by atoms with Gasteiger partial charge in [-0.2, -0.15) is 0 Å². The van der Waals surface area contributed by atoms with Gasteiger partial charge in [0.1, 0.15) is 5.82 Å². The maximum absolute atomic E-state index is 13.4. The molecule has 0 N–H and O–H groups in total. The molecule has 0 radical (unpaired) electrons. The van der Waals surface area contributed by atoms with E-state index in [-0.39, 0.29) is 5.82 Å². The van der Waals surface area contributed by atoms with Gasteiger partial charge in [-0.05, 0) is 36.2 Å². The van der Waals surface area contributed by atoms with Gasteiger partial charge in [-0.15, -0.1) is 10.2 Å². The van der Waals surface area contributed by atoms with Crippen molar-refractivity contribution in [2.45, 2.75) is 18.1 Å². The number of thioether (sulfide) groups is 1. The van der Waals surface area contributed by atoms with Crippen molar-refractivity contribution in [2.75, 3.05) is 38.6 Å². The molecule has 0 atom stereocenters. The molecule has 2 aromatic carbocycles. The SMILES string of the molecule is Fc1ccc(-c2nnc(SCCc3ccccc3)n2CCN2CCOCC2)cc1. The van der Waals surface area contributed by atoms with Crippen molar-refractivity contribution < 1.29 is 9.13 Å². The third-order valence-electron chi connectivity index (χ3n) is 5.03. The van der Waals surface area contributed by atoms with E-state index in [0.717, 1.165) is 68.1 Å². The van der Waals surface area contributed by atoms with Gasteiger partial charge in [0, 0.05) is 37.5 Å². The second-order valence-electron chi connectivity index (χ2n) is 7.00. The molecule has 0 aliphatic carbocycles. The monoisotopic (exact) mass is 412 g/mol. The number of hydrogen-bond donors (Lipinski definition) is 0. The minimum atomic E-state index is -0.245. The first-order valence-electron chi connectivity index (χ1n) is 9.95. The minimum Gasteiger partial charge on any atom is -0.379 e. The average molecular weight is 413 g/mol. The summed E-state index contributed by atoms with van der Waals surface area (Å²) in [6, 6.07) is 16.9. The van der Waals surface area contributed by atoms with Crippen molar-refractivity contribution in [1.82, 2.24) is 19.7 Å². The first-order chi connectivity index (χ1) is 14.3. The van der Waals surface area contributed by atoms with Crippen LogP contribution >= 0.6 is 11.8 Å². The van der Waals surface area contributed by atoms with E-state index in [9.17, 15) is 4.39 Å². The number of morpholine rings is 1. The largest absolute Gasteiger partial charge is 0.379 e. The quantitative estimate of drug-likeness (QED) is 0.527. The summed E-state index contributed by atoms with van der Waals surface area (Å²) in [5.74, 6) is 1.48. The zero-order chi connectivity index (χ0) is 19.9. The molecule has 2 heterocycles. The van der Waals surface area contributed by atoms with Crippen LogP contribution in [0.2, 0.25) is 0 Å². The van der Waals surface area contributed by atoms with Crippen LogP contribution in [0.25, 0.3) is 11.4 Å². The van der Waals surface area contributed by atoms with Gasteiger partial charge >= 0.3 is 0 Å². The zero-order valence-corrected chi connectivity index (χ0v) is 17.2. The number of benzene rings is 2. The number of nitrogens with zero attached hydrogens (tertiary/aromatic N) is 4. The number of ether oxygens (including phenoxy) is 1. The molecular formula is C22H25FN4OS. The van der Waals surface area contributed by atoms with Crippen LogP contribution in [0.4, 0.5) is 4.39 Å². The highest BCUT2D eigenvalue weighted by molar-refractivity contribution is 7.99. The molecule has 0 bridgehead atoms. The van der Waals surface area contributed by atoms with Gasteiger partial charge in [0.2, 0.25) is 0 Å². The lowest BCUT2D eigenvalue weighted by Gasteiger charge is -2.27. The Morgan fingerprint density at radius 2 is 1.69 bits per heavy atom. The Morgan fingerprint density at radius 1 is 0.931 bits per heavy atom. The van der Waals surface area contributed by atoms with E-state index >= 15 is 0 Å². The Labute approximate surface area is 174 Å². The second kappa shape index (κ2) is 10.0. The zero-order valence-electron chi connectivity index (χ0n) is 16.3. The fraction of sp³-hybridized carbons (Fsp3) is 0.364. The summed E-state index contributed by atoms with van der Waals surface area (Å²) in [6.07, 6.45) is 0.980. The van der Waals surface area contributed by atoms with Crippen LogP contribution in [0.3, 0.4) is 0 Å². The molecule has 3 aromatic rings. The molecule has 1 aliphatic rings. The lowest BCUT2D eigenvalue weighted by molar-refractivity contribution is 0.0361. The van der Waals surface area contributed by atoms with Crippen LogP contribution in [-0.4, -0.2) is 58.3 Å². The van der Waals surface area contributed by atoms with Crippen LogP contribution in [0.15, 0.2) is 59.8 Å². The van der Waals surface area contributed by atoms with E-state index in [1.807, 2.05) is 6.07 Å². The fourth-order valence-electron chi connectivity index (χ4n) is 3.38. The van der Waals surface area contributed by atoms with E-state index in [1.54, 1.807) is 23.9 Å². The Hall–Kier alpha value is -2.22. The smallest absolute Gasteiger partial charge is 0.191 e. The Kier molecular flexibility index (Phi) is 6.92. The van der Waals surface area contributed by atoms with Gasteiger partial charge < -0.3 is 9.30 Å². The predicted molar refractivity (Wildman–Crippen MR) is 114 cm³/mol. The van der Waals surface area contributed by atoms with E-state index in [4.69, 9.17) is 4.74 Å². The van der Waals surface area contributed by atoms with Gasteiger partial charge in [-0.1, -0.05) is 42.1 Å². The molecule has 0 unspecified atom stereocenters. The van der Waals surface area contributed by atoms with E-state index < -0.39 is 0 Å². The number of aryl methyl sites for hydroxylation is 1. The fourth-order valence-corrected chi connectivity index (χ4v) is 4.33. The summed E-state index contributed by atoms with van der Waals surface area (Å²) in [6.45, 7) is 5.18. The van der Waals surface area contributed by atoms with Gasteiger partial charge in [0.25, 0.3) is 0 Å². The third-order valence-corrected chi connectivity index (χ3v) is 6.00. The molecule has 152 valence electrons. The predicted octanol–water partition coefficient (Wildman–Crippen LogP) is 3.75. The number of rotatable bonds is 8. The standard InChI is InChI=1S/C22H25FN4OS/c23-20-8-6-19(7-9-20)21-24-25-22(29-17-10-18-4-2-1-3-5-18)27(21)12-11-26-13-15-28-16-14-26/h1-9H,10-17H2. The van der Waals surface area contributed by atoms with Crippen LogP contribution in [0.5, 0.6) is 0 Å². The highest BCUT2D eigenvalue weighted by Crippen LogP contribution is 2.25. The molecule has 0 spiro atoms. The maximum Gasteiger partial charge on any atom is 0.191 e. The van der Waals surface area contributed by atoms with Gasteiger partial charge in [-0.25, -0.2) is 4.39 Å². The first kappa shape index (κ1) is 20.1. The van der Waals surface area contributed by atoms with Crippen LogP contribution < -0.4 is 0 Å². The molecule has 0 amide bonds. The summed E-state index contributed by atoms with van der Waals surface area (Å²) in [4.78, 5) is 2.40. The molecule has 1 aromatic heterocycles. The van der Waals surface area contributed by atoms with Crippen molar-refractivity contribution in [3.63, 3.8) is 0 Å². The normalized spacial score (nSPS) is 14.9. The van der Waals surface area contributed by atoms with E-state index in [0.29, 0.717) is 0 Å². The van der Waals surface area contributed by atoms with Gasteiger partial charge in [0.05, 0.1) is 13.2 Å². The summed E-state index contributed by atoms with van der Waals surface area (Å²) >= 11 is 1.72. The first-order valence-corrected chi connectivity index (χ1v) is 10.9. The highest BCUT2D eigenvalue weighted by Gasteiger charge is 2.17. The lowest BCUT2D eigenvalue weighted by atomic mass is 10.2. The molecule has 5 nitrogen and oxygen atoms in total. The Morgan fingerprint density at radius 3 is 2.45 bits per heavy atom. The molecular weight excluding hydrogens is 387 g/mol. The lowest BCUT2D eigenvalue weighted by Crippen LogP contribution is -2.38. The highest BCUT2D eigenvalue weighted by atomic mass is 32.2. The molecule has 29 heavy (non-hydrogen) atoms. The van der Waals surface area contributed by atoms with Crippen LogP contribution in [0, 0.1) is 5.82 Å². The number of halogens is 1. The van der Waals surface area contributed by atoms with E-state index in [2.05, 4.69) is 43.9 Å². The number of hydrogen-bond acceptors (Lipinski definition) is 5. The topological polar surface area (TPSA) is 43.2 Å². The van der Waals surface area contributed by atoms with Crippen molar-refractivity contribution in [3.05, 3.63) is 66.0 Å². The molecule has 1 aliphatic heterocycles. The molecule has 4 rings (SSSR count). The van der Waals surface area contributed by atoms with Gasteiger partial charge in [0.15, 0.2) is 11.0 Å². The molecule has 1 saturated heterocycles. The summed E-state index contributed by atoms with van der Waals surface area (Å²) < 4.78 is 21.0. The van der Waals surface area contributed by atoms with Crippen molar-refractivity contribution >= 4 is 11.8 Å². The van der Waals surface area contributed by atoms with Crippen LogP contribution in [0.1, 0.15) is 5.56 Å². The van der Waals surface area contributed by atoms with Crippen molar-refractivity contribution in [3.8, 4) is 11.4 Å². The van der Waals surface area contributed by atoms with Crippen LogP contribution in [-0.2, 0) is 17.7 Å². The summed E-state index contributed by atoms with van der Waals surface area (Å²) in [5.41, 5.74) is 2.20. The average Bonchev–Trinajstić information content (AvgIpc) is 3.17. The minimum absolute atomic E-state index is 0.245. The molecule has 7 heteroatoms. The second-order valence-corrected chi connectivity index (χ2v) is 8.06. The summed E-state index contributed by atoms with van der Waals surface area (Å²) in [5, 5.41) is 9.79.